The summed E-state index contributed by atoms with van der Waals surface area (Å²) in [4.78, 5) is 0. The molecular weight excluding hydrogens is 216 g/mol. The molecule has 0 aromatic carbocycles. The van der Waals surface area contributed by atoms with Crippen molar-refractivity contribution in [3.05, 3.63) is 5.89 Å². The molecule has 1 rings (SSSR count). The molecule has 1 aromatic heterocycles. The van der Waals surface area contributed by atoms with Gasteiger partial charge in [0.05, 0.1) is 0 Å². The average Bonchev–Trinajstić information content (AvgIpc) is 2.62. The quantitative estimate of drug-likeness (QED) is 0.702. The van der Waals surface area contributed by atoms with Gasteiger partial charge in [-0.3, -0.25) is 4.21 Å². The largest absolute Gasteiger partial charge is 0.408 e. The van der Waals surface area contributed by atoms with E-state index < -0.39 is 10.8 Å². The van der Waals surface area contributed by atoms with Crippen molar-refractivity contribution in [2.75, 3.05) is 24.7 Å². The lowest BCUT2D eigenvalue weighted by Gasteiger charge is -2.06. The molecule has 0 saturated heterocycles. The summed E-state index contributed by atoms with van der Waals surface area (Å²) in [5.74, 6) is 0.519. The lowest BCUT2D eigenvalue weighted by atomic mass is 10.4. The van der Waals surface area contributed by atoms with Crippen molar-refractivity contribution in [3.63, 3.8) is 0 Å². The summed E-state index contributed by atoms with van der Waals surface area (Å²) in [5.41, 5.74) is 5.34. The summed E-state index contributed by atoms with van der Waals surface area (Å²) in [6, 6.07) is 0.357. The van der Waals surface area contributed by atoms with Gasteiger partial charge < -0.3 is 15.5 Å². The maximum absolute atomic E-state index is 11.1. The Morgan fingerprint density at radius 3 is 2.93 bits per heavy atom. The van der Waals surface area contributed by atoms with Crippen molar-refractivity contribution in [1.29, 1.82) is 0 Å². The summed E-state index contributed by atoms with van der Waals surface area (Å²) >= 11 is 0. The predicted molar refractivity (Wildman–Crippen MR) is 59.1 cm³/mol. The molecule has 0 radical (unpaired) electrons. The van der Waals surface area contributed by atoms with Gasteiger partial charge in [0, 0.05) is 41.8 Å². The van der Waals surface area contributed by atoms with Crippen LogP contribution in [0.1, 0.15) is 12.8 Å². The van der Waals surface area contributed by atoms with Gasteiger partial charge in [-0.2, -0.15) is 0 Å². The fraction of sp³-hybridized carbons (Fsp3) is 0.750. The van der Waals surface area contributed by atoms with E-state index in [-0.39, 0.29) is 5.25 Å². The number of hydrogen-bond donors (Lipinski definition) is 2. The van der Waals surface area contributed by atoms with Crippen LogP contribution in [-0.2, 0) is 17.2 Å². The summed E-state index contributed by atoms with van der Waals surface area (Å²) in [6.45, 7) is 2.92. The van der Waals surface area contributed by atoms with E-state index >= 15 is 0 Å². The Kier molecular flexibility index (Phi) is 4.70. The molecule has 2 unspecified atom stereocenters. The van der Waals surface area contributed by atoms with Gasteiger partial charge in [0.2, 0.25) is 5.89 Å². The molecule has 86 valence electrons. The first kappa shape index (κ1) is 12.1. The molecule has 0 amide bonds. The Morgan fingerprint density at radius 2 is 2.33 bits per heavy atom. The van der Waals surface area contributed by atoms with Crippen molar-refractivity contribution >= 4 is 16.8 Å². The van der Waals surface area contributed by atoms with Crippen LogP contribution in [0.25, 0.3) is 0 Å². The summed E-state index contributed by atoms with van der Waals surface area (Å²) in [5, 5.41) is 10.6. The number of anilines is 1. The number of nitrogens with one attached hydrogen (secondary N) is 1. The minimum Gasteiger partial charge on any atom is -0.408 e. The molecule has 2 atom stereocenters. The van der Waals surface area contributed by atoms with Crippen LogP contribution in [0.4, 0.5) is 6.01 Å². The lowest BCUT2D eigenvalue weighted by Crippen LogP contribution is -2.20. The highest BCUT2D eigenvalue weighted by molar-refractivity contribution is 7.84. The average molecular weight is 232 g/mol. The minimum absolute atomic E-state index is 0.0508. The number of nitrogens with two attached hydrogens (primary N) is 1. The third-order valence-electron chi connectivity index (χ3n) is 1.93. The van der Waals surface area contributed by atoms with E-state index in [9.17, 15) is 4.21 Å². The second kappa shape index (κ2) is 5.82. The smallest absolute Gasteiger partial charge is 0.315 e. The van der Waals surface area contributed by atoms with Crippen LogP contribution < -0.4 is 11.1 Å². The molecule has 0 fully saturated rings. The SMILES string of the molecule is CC(CNc1nnc(CCN)o1)S(C)=O. The second-order valence-electron chi connectivity index (χ2n) is 3.23. The molecule has 0 aliphatic rings. The standard InChI is InChI=1S/C8H16N4O2S/c1-6(15(2)13)5-10-8-12-11-7(14-8)3-4-9/h6H,3-5,9H2,1-2H3,(H,10,12). The molecule has 15 heavy (non-hydrogen) atoms. The zero-order chi connectivity index (χ0) is 11.3. The van der Waals surface area contributed by atoms with Crippen LogP contribution in [0.5, 0.6) is 0 Å². The molecule has 0 bridgehead atoms. The highest BCUT2D eigenvalue weighted by Crippen LogP contribution is 2.06. The topological polar surface area (TPSA) is 94.0 Å². The van der Waals surface area contributed by atoms with Gasteiger partial charge in [0.1, 0.15) is 0 Å². The van der Waals surface area contributed by atoms with E-state index in [0.717, 1.165) is 0 Å². The Hall–Kier alpha value is -0.950. The molecular formula is C8H16N4O2S. The molecule has 1 heterocycles. The summed E-state index contributed by atoms with van der Waals surface area (Å²) in [7, 11) is -0.853. The minimum atomic E-state index is -0.853. The number of aromatic nitrogens is 2. The molecule has 6 nitrogen and oxygen atoms in total. The predicted octanol–water partition coefficient (Wildman–Crippen LogP) is -0.250. The van der Waals surface area contributed by atoms with Crippen LogP contribution >= 0.6 is 0 Å². The van der Waals surface area contributed by atoms with Crippen LogP contribution in [-0.4, -0.2) is 39.0 Å². The maximum Gasteiger partial charge on any atom is 0.315 e. The molecule has 7 heteroatoms. The van der Waals surface area contributed by atoms with Gasteiger partial charge in [-0.05, 0) is 6.92 Å². The van der Waals surface area contributed by atoms with Crippen LogP contribution in [0.3, 0.4) is 0 Å². The van der Waals surface area contributed by atoms with Crippen LogP contribution in [0.15, 0.2) is 4.42 Å². The molecule has 0 aliphatic carbocycles. The van der Waals surface area contributed by atoms with E-state index in [1.54, 1.807) is 6.26 Å². The van der Waals surface area contributed by atoms with Gasteiger partial charge in [-0.1, -0.05) is 5.10 Å². The van der Waals surface area contributed by atoms with Crippen molar-refractivity contribution < 1.29 is 8.63 Å². The van der Waals surface area contributed by atoms with Gasteiger partial charge in [0.25, 0.3) is 0 Å². The Morgan fingerprint density at radius 1 is 1.60 bits per heavy atom. The fourth-order valence-electron chi connectivity index (χ4n) is 0.898. The highest BCUT2D eigenvalue weighted by atomic mass is 32.2. The van der Waals surface area contributed by atoms with Crippen LogP contribution in [0, 0.1) is 0 Å². The Balaban J connectivity index is 2.40. The van der Waals surface area contributed by atoms with E-state index in [4.69, 9.17) is 10.2 Å². The normalized spacial score (nSPS) is 14.9. The zero-order valence-corrected chi connectivity index (χ0v) is 9.71. The summed E-state index contributed by atoms with van der Waals surface area (Å²) < 4.78 is 16.3. The Bertz CT molecular complexity index is 328. The molecule has 3 N–H and O–H groups in total. The van der Waals surface area contributed by atoms with Gasteiger partial charge in [0.15, 0.2) is 0 Å². The van der Waals surface area contributed by atoms with Crippen molar-refractivity contribution in [2.45, 2.75) is 18.6 Å². The Labute approximate surface area is 91.1 Å². The van der Waals surface area contributed by atoms with E-state index in [0.29, 0.717) is 31.4 Å². The number of nitrogens with zero attached hydrogens (tertiary/aromatic N) is 2. The van der Waals surface area contributed by atoms with Crippen molar-refractivity contribution in [2.24, 2.45) is 5.73 Å². The van der Waals surface area contributed by atoms with Crippen molar-refractivity contribution in [3.8, 4) is 0 Å². The fourth-order valence-corrected chi connectivity index (χ4v) is 1.22. The van der Waals surface area contributed by atoms with Crippen molar-refractivity contribution in [1.82, 2.24) is 10.2 Å². The van der Waals surface area contributed by atoms with Crippen LogP contribution in [0.2, 0.25) is 0 Å². The zero-order valence-electron chi connectivity index (χ0n) is 8.90. The second-order valence-corrected chi connectivity index (χ2v) is 5.03. The molecule has 0 aliphatic heterocycles. The summed E-state index contributed by atoms with van der Waals surface area (Å²) in [6.07, 6.45) is 2.24. The van der Waals surface area contributed by atoms with Gasteiger partial charge in [-0.15, -0.1) is 5.10 Å². The van der Waals surface area contributed by atoms with E-state index in [2.05, 4.69) is 15.5 Å². The number of rotatable bonds is 6. The molecule has 0 spiro atoms. The first-order chi connectivity index (χ1) is 7.13. The maximum atomic E-state index is 11.1. The first-order valence-corrected chi connectivity index (χ1v) is 6.34. The van der Waals surface area contributed by atoms with E-state index in [1.807, 2.05) is 6.92 Å². The monoisotopic (exact) mass is 232 g/mol. The third kappa shape index (κ3) is 3.96. The highest BCUT2D eigenvalue weighted by Gasteiger charge is 2.09. The third-order valence-corrected chi connectivity index (χ3v) is 3.23. The molecule has 1 aromatic rings. The van der Waals surface area contributed by atoms with Gasteiger partial charge >= 0.3 is 6.01 Å². The first-order valence-electron chi connectivity index (χ1n) is 4.72. The number of hydrogen-bond acceptors (Lipinski definition) is 6. The van der Waals surface area contributed by atoms with E-state index in [1.165, 1.54) is 0 Å². The lowest BCUT2D eigenvalue weighted by molar-refractivity contribution is 0.506. The van der Waals surface area contributed by atoms with Gasteiger partial charge in [-0.25, -0.2) is 0 Å². The molecule has 0 saturated carbocycles.